The first-order valence-corrected chi connectivity index (χ1v) is 6.31. The van der Waals surface area contributed by atoms with E-state index in [2.05, 4.69) is 4.74 Å². The predicted octanol–water partition coefficient (Wildman–Crippen LogP) is 1.88. The van der Waals surface area contributed by atoms with E-state index in [1.165, 1.54) is 7.11 Å². The number of nitrogens with zero attached hydrogens (tertiary/aromatic N) is 1. The molecule has 106 valence electrons. The maximum Gasteiger partial charge on any atom is 0.307 e. The van der Waals surface area contributed by atoms with Crippen molar-refractivity contribution >= 4 is 16.9 Å². The van der Waals surface area contributed by atoms with Crippen molar-refractivity contribution in [3.8, 4) is 5.75 Å². The normalized spacial score (nSPS) is 10.6. The van der Waals surface area contributed by atoms with Crippen LogP contribution in [0, 0.1) is 6.92 Å². The van der Waals surface area contributed by atoms with Gasteiger partial charge >= 0.3 is 5.97 Å². The SMILES string of the molecule is COC(=O)CCn1cc(C)c(=O)c2cc(OC)ccc21. The lowest BCUT2D eigenvalue weighted by Crippen LogP contribution is -2.14. The van der Waals surface area contributed by atoms with E-state index in [1.54, 1.807) is 32.4 Å². The molecule has 1 aromatic heterocycles. The second kappa shape index (κ2) is 5.77. The van der Waals surface area contributed by atoms with E-state index in [1.807, 2.05) is 10.6 Å². The Morgan fingerprint density at radius 1 is 1.30 bits per heavy atom. The quantitative estimate of drug-likeness (QED) is 0.799. The van der Waals surface area contributed by atoms with Crippen LogP contribution in [-0.2, 0) is 16.1 Å². The topological polar surface area (TPSA) is 57.5 Å². The fourth-order valence-electron chi connectivity index (χ4n) is 2.15. The Kier molecular flexibility index (Phi) is 4.08. The van der Waals surface area contributed by atoms with Crippen molar-refractivity contribution in [3.05, 3.63) is 40.2 Å². The van der Waals surface area contributed by atoms with Gasteiger partial charge in [-0.3, -0.25) is 9.59 Å². The van der Waals surface area contributed by atoms with Gasteiger partial charge in [0.1, 0.15) is 5.75 Å². The third-order valence-corrected chi connectivity index (χ3v) is 3.25. The molecule has 0 fully saturated rings. The van der Waals surface area contributed by atoms with Crippen molar-refractivity contribution in [2.45, 2.75) is 19.9 Å². The van der Waals surface area contributed by atoms with Crippen LogP contribution in [0.25, 0.3) is 10.9 Å². The highest BCUT2D eigenvalue weighted by Gasteiger charge is 2.09. The molecule has 0 N–H and O–H groups in total. The van der Waals surface area contributed by atoms with Gasteiger partial charge in [-0.15, -0.1) is 0 Å². The predicted molar refractivity (Wildman–Crippen MR) is 76.1 cm³/mol. The van der Waals surface area contributed by atoms with Crippen molar-refractivity contribution in [2.75, 3.05) is 14.2 Å². The number of esters is 1. The summed E-state index contributed by atoms with van der Waals surface area (Å²) in [6, 6.07) is 5.34. The molecule has 20 heavy (non-hydrogen) atoms. The monoisotopic (exact) mass is 275 g/mol. The van der Waals surface area contributed by atoms with Gasteiger partial charge in [-0.2, -0.15) is 0 Å². The average molecular weight is 275 g/mol. The molecule has 2 aromatic rings. The number of carbonyl (C=O) groups excluding carboxylic acids is 1. The van der Waals surface area contributed by atoms with Crippen molar-refractivity contribution in [1.29, 1.82) is 0 Å². The maximum atomic E-state index is 12.2. The Labute approximate surface area is 116 Å². The molecule has 0 aliphatic heterocycles. The van der Waals surface area contributed by atoms with Gasteiger partial charge in [-0.05, 0) is 25.1 Å². The van der Waals surface area contributed by atoms with Crippen LogP contribution in [0.4, 0.5) is 0 Å². The minimum Gasteiger partial charge on any atom is -0.497 e. The van der Waals surface area contributed by atoms with Gasteiger partial charge in [-0.1, -0.05) is 0 Å². The first-order chi connectivity index (χ1) is 9.56. The van der Waals surface area contributed by atoms with Crippen molar-refractivity contribution < 1.29 is 14.3 Å². The number of benzene rings is 1. The molecule has 0 saturated heterocycles. The average Bonchev–Trinajstić information content (AvgIpc) is 2.48. The van der Waals surface area contributed by atoms with Crippen molar-refractivity contribution in [2.24, 2.45) is 0 Å². The number of aryl methyl sites for hydroxylation is 2. The number of ether oxygens (including phenoxy) is 2. The van der Waals surface area contributed by atoms with Crippen LogP contribution < -0.4 is 10.2 Å². The van der Waals surface area contributed by atoms with Crippen LogP contribution in [-0.4, -0.2) is 24.8 Å². The number of fused-ring (bicyclic) bond motifs is 1. The lowest BCUT2D eigenvalue weighted by molar-refractivity contribution is -0.140. The molecular formula is C15H17NO4. The number of hydrogen-bond donors (Lipinski definition) is 0. The highest BCUT2D eigenvalue weighted by atomic mass is 16.5. The standard InChI is InChI=1S/C15H17NO4/c1-10-9-16(7-6-14(17)20-3)13-5-4-11(19-2)8-12(13)15(10)18/h4-5,8-9H,6-7H2,1-3H3. The minimum absolute atomic E-state index is 0.0202. The highest BCUT2D eigenvalue weighted by Crippen LogP contribution is 2.19. The van der Waals surface area contributed by atoms with Gasteiger partial charge in [0.25, 0.3) is 0 Å². The molecule has 0 aliphatic rings. The largest absolute Gasteiger partial charge is 0.497 e. The Bertz CT molecular complexity index is 703. The third-order valence-electron chi connectivity index (χ3n) is 3.25. The third kappa shape index (κ3) is 2.66. The molecule has 0 unspecified atom stereocenters. The number of hydrogen-bond acceptors (Lipinski definition) is 4. The smallest absolute Gasteiger partial charge is 0.307 e. The van der Waals surface area contributed by atoms with E-state index < -0.39 is 0 Å². The molecule has 0 aliphatic carbocycles. The molecule has 0 radical (unpaired) electrons. The summed E-state index contributed by atoms with van der Waals surface area (Å²) >= 11 is 0. The molecular weight excluding hydrogens is 258 g/mol. The van der Waals surface area contributed by atoms with Crippen LogP contribution in [0.3, 0.4) is 0 Å². The van der Waals surface area contributed by atoms with Gasteiger partial charge in [0, 0.05) is 23.7 Å². The second-order valence-electron chi connectivity index (χ2n) is 4.54. The van der Waals surface area contributed by atoms with Gasteiger partial charge in [0.2, 0.25) is 0 Å². The lowest BCUT2D eigenvalue weighted by atomic mass is 10.1. The number of pyridine rings is 1. The van der Waals surface area contributed by atoms with Gasteiger partial charge in [0.05, 0.1) is 26.2 Å². The molecule has 0 bridgehead atoms. The fourth-order valence-corrected chi connectivity index (χ4v) is 2.15. The van der Waals surface area contributed by atoms with Crippen LogP contribution in [0.1, 0.15) is 12.0 Å². The summed E-state index contributed by atoms with van der Waals surface area (Å²) in [5.74, 6) is 0.364. The molecule has 0 spiro atoms. The highest BCUT2D eigenvalue weighted by molar-refractivity contribution is 5.81. The number of methoxy groups -OCH3 is 2. The molecule has 5 heteroatoms. The van der Waals surface area contributed by atoms with Gasteiger partial charge in [0.15, 0.2) is 5.43 Å². The minimum atomic E-state index is -0.275. The van der Waals surface area contributed by atoms with Crippen molar-refractivity contribution in [1.82, 2.24) is 4.57 Å². The molecule has 1 heterocycles. The fraction of sp³-hybridized carbons (Fsp3) is 0.333. The molecule has 0 amide bonds. The summed E-state index contributed by atoms with van der Waals surface area (Å²) in [4.78, 5) is 23.4. The van der Waals surface area contributed by atoms with Crippen LogP contribution in [0.2, 0.25) is 0 Å². The summed E-state index contributed by atoms with van der Waals surface area (Å²) in [5, 5.41) is 0.592. The van der Waals surface area contributed by atoms with Gasteiger partial charge < -0.3 is 14.0 Å². The van der Waals surface area contributed by atoms with Gasteiger partial charge in [-0.25, -0.2) is 0 Å². The number of rotatable bonds is 4. The zero-order chi connectivity index (χ0) is 14.7. The first-order valence-electron chi connectivity index (χ1n) is 6.31. The number of carbonyl (C=O) groups is 1. The summed E-state index contributed by atoms with van der Waals surface area (Å²) in [5.41, 5.74) is 1.40. The molecule has 1 aromatic carbocycles. The first kappa shape index (κ1) is 14.1. The van der Waals surface area contributed by atoms with Crippen LogP contribution in [0.15, 0.2) is 29.2 Å². The molecule has 0 saturated carbocycles. The zero-order valence-electron chi connectivity index (χ0n) is 11.8. The van der Waals surface area contributed by atoms with E-state index in [-0.39, 0.29) is 17.8 Å². The van der Waals surface area contributed by atoms with E-state index >= 15 is 0 Å². The Morgan fingerprint density at radius 3 is 2.70 bits per heavy atom. The Hall–Kier alpha value is -2.30. The summed E-state index contributed by atoms with van der Waals surface area (Å²) in [6.07, 6.45) is 2.03. The van der Waals surface area contributed by atoms with E-state index in [0.717, 1.165) is 5.52 Å². The van der Waals surface area contributed by atoms with E-state index in [9.17, 15) is 9.59 Å². The summed E-state index contributed by atoms with van der Waals surface area (Å²) in [6.45, 7) is 2.23. The van der Waals surface area contributed by atoms with Crippen LogP contribution in [0.5, 0.6) is 5.75 Å². The second-order valence-corrected chi connectivity index (χ2v) is 4.54. The molecule has 2 rings (SSSR count). The summed E-state index contributed by atoms with van der Waals surface area (Å²) in [7, 11) is 2.93. The summed E-state index contributed by atoms with van der Waals surface area (Å²) < 4.78 is 11.7. The van der Waals surface area contributed by atoms with Crippen molar-refractivity contribution in [3.63, 3.8) is 0 Å². The van der Waals surface area contributed by atoms with Crippen LogP contribution >= 0.6 is 0 Å². The zero-order valence-corrected chi connectivity index (χ0v) is 11.8. The van der Waals surface area contributed by atoms with E-state index in [0.29, 0.717) is 23.2 Å². The molecule has 5 nitrogen and oxygen atoms in total. The van der Waals surface area contributed by atoms with E-state index in [4.69, 9.17) is 4.74 Å². The molecule has 0 atom stereocenters. The Morgan fingerprint density at radius 2 is 2.05 bits per heavy atom. The maximum absolute atomic E-state index is 12.2. The number of aromatic nitrogens is 1. The Balaban J connectivity index is 2.52. The lowest BCUT2D eigenvalue weighted by Gasteiger charge is -2.12.